The van der Waals surface area contributed by atoms with E-state index < -0.39 is 17.4 Å². The highest BCUT2D eigenvalue weighted by molar-refractivity contribution is 6.13. The highest BCUT2D eigenvalue weighted by Crippen LogP contribution is 2.46. The molecule has 0 aromatic heterocycles. The lowest BCUT2D eigenvalue weighted by Crippen LogP contribution is -2.39. The molecule has 1 atom stereocenters. The molecule has 0 radical (unpaired) electrons. The number of carbonyl (C=O) groups is 2. The van der Waals surface area contributed by atoms with Gasteiger partial charge in [-0.15, -0.1) is 0 Å². The van der Waals surface area contributed by atoms with E-state index in [9.17, 15) is 14.7 Å². The lowest BCUT2D eigenvalue weighted by molar-refractivity contribution is -0.135. The molecule has 150 valence electrons. The number of anilines is 3. The van der Waals surface area contributed by atoms with Crippen LogP contribution in [-0.2, 0) is 15.2 Å². The number of rotatable bonds is 5. The Bertz CT molecular complexity index is 1120. The molecule has 1 aliphatic heterocycles. The van der Waals surface area contributed by atoms with Crippen LogP contribution in [0.4, 0.5) is 17.1 Å². The smallest absolute Gasteiger partial charge is 0.268 e. The molecular weight excluding hydrogens is 376 g/mol. The second-order valence-electron chi connectivity index (χ2n) is 7.45. The molecule has 0 bridgehead atoms. The first-order valence-electron chi connectivity index (χ1n) is 9.67. The van der Waals surface area contributed by atoms with Gasteiger partial charge in [-0.1, -0.05) is 60.7 Å². The highest BCUT2D eigenvalue weighted by atomic mass is 16.3. The topological polar surface area (TPSA) is 69.6 Å². The molecular formula is C25H22N2O3. The summed E-state index contributed by atoms with van der Waals surface area (Å²) in [6.07, 6.45) is -0.204. The fourth-order valence-electron chi connectivity index (χ4n) is 3.68. The maximum atomic E-state index is 13.3. The van der Waals surface area contributed by atoms with E-state index in [-0.39, 0.29) is 12.0 Å². The van der Waals surface area contributed by atoms with Gasteiger partial charge in [-0.05, 0) is 37.3 Å². The highest BCUT2D eigenvalue weighted by Gasteiger charge is 2.50. The van der Waals surface area contributed by atoms with Crippen molar-refractivity contribution in [1.29, 1.82) is 0 Å². The minimum Gasteiger partial charge on any atom is -0.375 e. The van der Waals surface area contributed by atoms with E-state index in [0.29, 0.717) is 22.6 Å². The molecule has 1 aliphatic rings. The number of nitrogens with zero attached hydrogens (tertiary/aromatic N) is 1. The minimum absolute atomic E-state index is 0.121. The van der Waals surface area contributed by atoms with Gasteiger partial charge < -0.3 is 10.4 Å². The van der Waals surface area contributed by atoms with Crippen molar-refractivity contribution in [1.82, 2.24) is 0 Å². The third kappa shape index (κ3) is 3.40. The van der Waals surface area contributed by atoms with E-state index in [1.807, 2.05) is 43.3 Å². The summed E-state index contributed by atoms with van der Waals surface area (Å²) in [4.78, 5) is 27.5. The predicted octanol–water partition coefficient (Wildman–Crippen LogP) is 4.45. The first-order valence-corrected chi connectivity index (χ1v) is 9.67. The Balaban J connectivity index is 1.61. The number of fused-ring (bicyclic) bond motifs is 1. The van der Waals surface area contributed by atoms with Crippen molar-refractivity contribution in [3.8, 4) is 0 Å². The fourth-order valence-corrected chi connectivity index (χ4v) is 3.68. The van der Waals surface area contributed by atoms with Gasteiger partial charge in [0, 0.05) is 28.9 Å². The largest absolute Gasteiger partial charge is 0.375 e. The van der Waals surface area contributed by atoms with Crippen LogP contribution < -0.4 is 10.2 Å². The summed E-state index contributed by atoms with van der Waals surface area (Å²) in [5.74, 6) is -0.935. The van der Waals surface area contributed by atoms with E-state index in [4.69, 9.17) is 0 Å². The first-order chi connectivity index (χ1) is 14.4. The van der Waals surface area contributed by atoms with Crippen molar-refractivity contribution in [3.05, 3.63) is 102 Å². The van der Waals surface area contributed by atoms with E-state index >= 15 is 0 Å². The molecule has 5 nitrogen and oxygen atoms in total. The molecule has 0 saturated carbocycles. The standard InChI is InChI=1S/C25H22N2O3/c1-17-12-14-19(15-13-17)26-23(28)18(2)16-25(30)21-10-6-7-11-22(21)27(24(25)29)20-8-4-3-5-9-20/h3-15,30H,2,16H2,1H3,(H,26,28)/t25-/m0/s1. The molecule has 2 amide bonds. The van der Waals surface area contributed by atoms with E-state index in [1.54, 1.807) is 42.5 Å². The van der Waals surface area contributed by atoms with E-state index in [1.165, 1.54) is 4.90 Å². The Labute approximate surface area is 175 Å². The van der Waals surface area contributed by atoms with E-state index in [0.717, 1.165) is 5.56 Å². The summed E-state index contributed by atoms with van der Waals surface area (Å²) < 4.78 is 0. The Kier molecular flexibility index (Phi) is 4.98. The normalized spacial score (nSPS) is 17.5. The van der Waals surface area contributed by atoms with Crippen LogP contribution in [0.3, 0.4) is 0 Å². The number of aliphatic hydroxyl groups is 1. The van der Waals surface area contributed by atoms with Gasteiger partial charge in [-0.2, -0.15) is 0 Å². The quantitative estimate of drug-likeness (QED) is 0.624. The van der Waals surface area contributed by atoms with Crippen molar-refractivity contribution in [2.24, 2.45) is 0 Å². The van der Waals surface area contributed by atoms with Gasteiger partial charge in [-0.25, -0.2) is 0 Å². The third-order valence-corrected chi connectivity index (χ3v) is 5.26. The zero-order chi connectivity index (χ0) is 21.3. The van der Waals surface area contributed by atoms with Gasteiger partial charge in [0.1, 0.15) is 0 Å². The Morgan fingerprint density at radius 1 is 1.00 bits per heavy atom. The zero-order valence-corrected chi connectivity index (χ0v) is 16.6. The van der Waals surface area contributed by atoms with Crippen LogP contribution in [-0.4, -0.2) is 16.9 Å². The van der Waals surface area contributed by atoms with Gasteiger partial charge in [0.05, 0.1) is 5.69 Å². The second-order valence-corrected chi connectivity index (χ2v) is 7.45. The van der Waals surface area contributed by atoms with Gasteiger partial charge in [0.2, 0.25) is 0 Å². The van der Waals surface area contributed by atoms with Crippen LogP contribution in [0.1, 0.15) is 17.5 Å². The Morgan fingerprint density at radius 3 is 2.33 bits per heavy atom. The van der Waals surface area contributed by atoms with Crippen molar-refractivity contribution in [2.75, 3.05) is 10.2 Å². The number of amides is 2. The molecule has 0 aliphatic carbocycles. The average Bonchev–Trinajstić information content (AvgIpc) is 2.97. The van der Waals surface area contributed by atoms with Gasteiger partial charge in [-0.3, -0.25) is 14.5 Å². The summed E-state index contributed by atoms with van der Waals surface area (Å²) >= 11 is 0. The number of aryl methyl sites for hydroxylation is 1. The number of nitrogens with one attached hydrogen (secondary N) is 1. The first kappa shape index (κ1) is 19.6. The summed E-state index contributed by atoms with van der Waals surface area (Å²) in [6.45, 7) is 5.80. The monoisotopic (exact) mass is 398 g/mol. The second kappa shape index (κ2) is 7.61. The molecule has 0 saturated heterocycles. The molecule has 4 rings (SSSR count). The summed E-state index contributed by atoms with van der Waals surface area (Å²) in [5, 5.41) is 14.2. The molecule has 30 heavy (non-hydrogen) atoms. The maximum Gasteiger partial charge on any atom is 0.268 e. The minimum atomic E-state index is -1.87. The molecule has 3 aromatic carbocycles. The van der Waals surface area contributed by atoms with Crippen molar-refractivity contribution < 1.29 is 14.7 Å². The maximum absolute atomic E-state index is 13.3. The van der Waals surface area contributed by atoms with Crippen LogP contribution in [0, 0.1) is 6.92 Å². The van der Waals surface area contributed by atoms with Crippen molar-refractivity contribution in [2.45, 2.75) is 18.9 Å². The van der Waals surface area contributed by atoms with Gasteiger partial charge >= 0.3 is 0 Å². The molecule has 2 N–H and O–H groups in total. The van der Waals surface area contributed by atoms with Crippen LogP contribution >= 0.6 is 0 Å². The van der Waals surface area contributed by atoms with Crippen LogP contribution in [0.5, 0.6) is 0 Å². The van der Waals surface area contributed by atoms with Gasteiger partial charge in [0.15, 0.2) is 5.60 Å². The number of hydrogen-bond acceptors (Lipinski definition) is 3. The molecule has 5 heteroatoms. The number of benzene rings is 3. The third-order valence-electron chi connectivity index (χ3n) is 5.26. The van der Waals surface area contributed by atoms with Crippen LogP contribution in [0.2, 0.25) is 0 Å². The van der Waals surface area contributed by atoms with Crippen molar-refractivity contribution in [3.63, 3.8) is 0 Å². The summed E-state index contributed by atoms with van der Waals surface area (Å²) in [5.41, 5.74) is 1.68. The van der Waals surface area contributed by atoms with Gasteiger partial charge in [0.25, 0.3) is 11.8 Å². The number of carbonyl (C=O) groups excluding carboxylic acids is 2. The number of hydrogen-bond donors (Lipinski definition) is 2. The zero-order valence-electron chi connectivity index (χ0n) is 16.6. The van der Waals surface area contributed by atoms with Crippen molar-refractivity contribution >= 4 is 28.9 Å². The fraction of sp³-hybridized carbons (Fsp3) is 0.120. The Morgan fingerprint density at radius 2 is 1.63 bits per heavy atom. The number of para-hydroxylation sites is 2. The summed E-state index contributed by atoms with van der Waals surface area (Å²) in [7, 11) is 0. The predicted molar refractivity (Wildman–Crippen MR) is 117 cm³/mol. The lowest BCUT2D eigenvalue weighted by atomic mass is 9.88. The SMILES string of the molecule is C=C(C[C@@]1(O)C(=O)N(c2ccccc2)c2ccccc21)C(=O)Nc1ccc(C)cc1. The lowest BCUT2D eigenvalue weighted by Gasteiger charge is -2.24. The van der Waals surface area contributed by atoms with Crippen LogP contribution in [0.25, 0.3) is 0 Å². The van der Waals surface area contributed by atoms with Crippen LogP contribution in [0.15, 0.2) is 91.0 Å². The molecule has 0 spiro atoms. The molecule has 0 unspecified atom stereocenters. The van der Waals surface area contributed by atoms with E-state index in [2.05, 4.69) is 11.9 Å². The Hall–Kier alpha value is -3.70. The molecule has 3 aromatic rings. The average molecular weight is 398 g/mol. The summed E-state index contributed by atoms with van der Waals surface area (Å²) in [6, 6.07) is 23.6. The molecule has 1 heterocycles. The molecule has 0 fully saturated rings.